The van der Waals surface area contributed by atoms with Gasteiger partial charge in [0.1, 0.15) is 0 Å². The van der Waals surface area contributed by atoms with Crippen molar-refractivity contribution in [1.29, 1.82) is 0 Å². The van der Waals surface area contributed by atoms with Crippen LogP contribution in [0.5, 0.6) is 5.75 Å². The summed E-state index contributed by atoms with van der Waals surface area (Å²) >= 11 is 0. The van der Waals surface area contributed by atoms with Crippen LogP contribution in [-0.4, -0.2) is 18.1 Å². The number of phenols is 1. The Morgan fingerprint density at radius 2 is 1.71 bits per heavy atom. The smallest absolute Gasteiger partial charge is 0.191 e. The molecule has 0 saturated carbocycles. The summed E-state index contributed by atoms with van der Waals surface area (Å²) in [6.07, 6.45) is 0. The van der Waals surface area contributed by atoms with Crippen LogP contribution >= 0.6 is 0 Å². The van der Waals surface area contributed by atoms with Crippen LogP contribution in [0.15, 0.2) is 53.5 Å². The van der Waals surface area contributed by atoms with Gasteiger partial charge in [0.05, 0.1) is 0 Å². The average molecular weight is 287 g/mol. The van der Waals surface area contributed by atoms with Crippen molar-refractivity contribution >= 4 is 5.96 Å². The normalized spacial score (nSPS) is 11.2. The van der Waals surface area contributed by atoms with E-state index in [-0.39, 0.29) is 5.75 Å². The van der Waals surface area contributed by atoms with Crippen LogP contribution in [-0.2, 0) is 13.1 Å². The molecular weight excluding hydrogens is 269 g/mol. The van der Waals surface area contributed by atoms with E-state index in [2.05, 4.69) is 15.6 Å². The number of hydrogen-bond acceptors (Lipinski definition) is 2. The number of hydrogen-bond donors (Lipinski definition) is 3. The maximum atomic E-state index is 13.2. The van der Waals surface area contributed by atoms with Gasteiger partial charge in [0, 0.05) is 20.1 Å². The minimum atomic E-state index is -0.624. The first kappa shape index (κ1) is 14.8. The fourth-order valence-electron chi connectivity index (χ4n) is 1.85. The van der Waals surface area contributed by atoms with Crippen molar-refractivity contribution in [2.45, 2.75) is 13.1 Å². The van der Waals surface area contributed by atoms with E-state index in [0.717, 1.165) is 11.1 Å². The Balaban J connectivity index is 1.86. The van der Waals surface area contributed by atoms with Gasteiger partial charge < -0.3 is 15.7 Å². The molecule has 0 radical (unpaired) electrons. The maximum Gasteiger partial charge on any atom is 0.191 e. The van der Waals surface area contributed by atoms with Crippen LogP contribution in [0.25, 0.3) is 0 Å². The van der Waals surface area contributed by atoms with Crippen LogP contribution in [0.1, 0.15) is 11.1 Å². The number of rotatable bonds is 4. The summed E-state index contributed by atoms with van der Waals surface area (Å²) in [6, 6.07) is 14.3. The van der Waals surface area contributed by atoms with Gasteiger partial charge >= 0.3 is 0 Å². The minimum Gasteiger partial charge on any atom is -0.505 e. The SMILES string of the molecule is CN=C(NCc1ccccc1)NCc1ccc(O)c(F)c1. The molecule has 2 rings (SSSR count). The lowest BCUT2D eigenvalue weighted by Gasteiger charge is -2.12. The lowest BCUT2D eigenvalue weighted by Crippen LogP contribution is -2.36. The Hall–Kier alpha value is -2.56. The van der Waals surface area contributed by atoms with E-state index < -0.39 is 5.82 Å². The molecule has 0 aromatic heterocycles. The molecule has 0 fully saturated rings. The number of phenolic OH excluding ortho intramolecular Hbond substituents is 1. The second-order valence-electron chi connectivity index (χ2n) is 4.55. The molecule has 0 saturated heterocycles. The molecule has 5 heteroatoms. The zero-order valence-electron chi connectivity index (χ0n) is 11.8. The van der Waals surface area contributed by atoms with Gasteiger partial charge in [-0.2, -0.15) is 0 Å². The van der Waals surface area contributed by atoms with Crippen molar-refractivity contribution in [1.82, 2.24) is 10.6 Å². The van der Waals surface area contributed by atoms with Gasteiger partial charge in [0.15, 0.2) is 17.5 Å². The fraction of sp³-hybridized carbons (Fsp3) is 0.188. The highest BCUT2D eigenvalue weighted by atomic mass is 19.1. The number of guanidine groups is 1. The highest BCUT2D eigenvalue weighted by Gasteiger charge is 2.03. The molecule has 0 aliphatic heterocycles. The molecule has 0 aliphatic carbocycles. The first-order chi connectivity index (χ1) is 10.2. The van der Waals surface area contributed by atoms with E-state index >= 15 is 0 Å². The summed E-state index contributed by atoms with van der Waals surface area (Å²) in [5.41, 5.74) is 1.88. The summed E-state index contributed by atoms with van der Waals surface area (Å²) in [7, 11) is 1.68. The summed E-state index contributed by atoms with van der Waals surface area (Å²) in [5.74, 6) is -0.334. The van der Waals surface area contributed by atoms with Gasteiger partial charge in [0.25, 0.3) is 0 Å². The van der Waals surface area contributed by atoms with Gasteiger partial charge in [0.2, 0.25) is 0 Å². The summed E-state index contributed by atoms with van der Waals surface area (Å²) in [4.78, 5) is 4.11. The Kier molecular flexibility index (Phi) is 5.15. The molecule has 0 bridgehead atoms. The van der Waals surface area contributed by atoms with Crippen molar-refractivity contribution in [3.05, 3.63) is 65.5 Å². The highest BCUT2D eigenvalue weighted by molar-refractivity contribution is 5.79. The predicted molar refractivity (Wildman–Crippen MR) is 81.5 cm³/mol. The Morgan fingerprint density at radius 3 is 2.33 bits per heavy atom. The van der Waals surface area contributed by atoms with Gasteiger partial charge in [-0.3, -0.25) is 4.99 Å². The van der Waals surface area contributed by atoms with E-state index in [1.807, 2.05) is 30.3 Å². The molecule has 4 nitrogen and oxygen atoms in total. The minimum absolute atomic E-state index is 0.342. The molecular formula is C16H18FN3O. The third kappa shape index (κ3) is 4.49. The zero-order chi connectivity index (χ0) is 15.1. The van der Waals surface area contributed by atoms with Gasteiger partial charge in [-0.05, 0) is 23.3 Å². The first-order valence-electron chi connectivity index (χ1n) is 6.65. The number of halogens is 1. The number of nitrogens with one attached hydrogen (secondary N) is 2. The van der Waals surface area contributed by atoms with Gasteiger partial charge in [-0.15, -0.1) is 0 Å². The van der Waals surface area contributed by atoms with Crippen molar-refractivity contribution in [2.24, 2.45) is 4.99 Å². The lowest BCUT2D eigenvalue weighted by atomic mass is 10.2. The lowest BCUT2D eigenvalue weighted by molar-refractivity contribution is 0.431. The number of aromatic hydroxyl groups is 1. The molecule has 0 amide bonds. The predicted octanol–water partition coefficient (Wildman–Crippen LogP) is 2.40. The van der Waals surface area contributed by atoms with Crippen molar-refractivity contribution < 1.29 is 9.50 Å². The van der Waals surface area contributed by atoms with Crippen LogP contribution in [0, 0.1) is 5.82 Å². The molecule has 2 aromatic carbocycles. The summed E-state index contributed by atoms with van der Waals surface area (Å²) in [6.45, 7) is 1.08. The van der Waals surface area contributed by atoms with Crippen LogP contribution in [0.4, 0.5) is 4.39 Å². The number of benzene rings is 2. The van der Waals surface area contributed by atoms with Crippen LogP contribution in [0.2, 0.25) is 0 Å². The third-order valence-corrected chi connectivity index (χ3v) is 3.00. The molecule has 0 aliphatic rings. The first-order valence-corrected chi connectivity index (χ1v) is 6.65. The Labute approximate surface area is 123 Å². The standard InChI is InChI=1S/C16H18FN3O/c1-18-16(19-10-12-5-3-2-4-6-12)20-11-13-7-8-15(21)14(17)9-13/h2-9,21H,10-11H2,1H3,(H2,18,19,20). The molecule has 0 atom stereocenters. The monoisotopic (exact) mass is 287 g/mol. The van der Waals surface area contributed by atoms with E-state index in [1.54, 1.807) is 13.1 Å². The summed E-state index contributed by atoms with van der Waals surface area (Å²) < 4.78 is 13.2. The Morgan fingerprint density at radius 1 is 1.05 bits per heavy atom. The molecule has 0 unspecified atom stereocenters. The zero-order valence-corrected chi connectivity index (χ0v) is 11.8. The van der Waals surface area contributed by atoms with Gasteiger partial charge in [-0.25, -0.2) is 4.39 Å². The second kappa shape index (κ2) is 7.28. The van der Waals surface area contributed by atoms with Crippen LogP contribution < -0.4 is 10.6 Å². The third-order valence-electron chi connectivity index (χ3n) is 3.00. The van der Waals surface area contributed by atoms with Crippen molar-refractivity contribution in [3.63, 3.8) is 0 Å². The van der Waals surface area contributed by atoms with Gasteiger partial charge in [-0.1, -0.05) is 36.4 Å². The van der Waals surface area contributed by atoms with Crippen LogP contribution in [0.3, 0.4) is 0 Å². The highest BCUT2D eigenvalue weighted by Crippen LogP contribution is 2.15. The van der Waals surface area contributed by atoms with Crippen molar-refractivity contribution in [2.75, 3.05) is 7.05 Å². The molecule has 0 heterocycles. The van der Waals surface area contributed by atoms with E-state index in [9.17, 15) is 4.39 Å². The Bertz CT molecular complexity index is 614. The van der Waals surface area contributed by atoms with Crippen molar-refractivity contribution in [3.8, 4) is 5.75 Å². The topological polar surface area (TPSA) is 56.7 Å². The molecule has 3 N–H and O–H groups in total. The molecule has 21 heavy (non-hydrogen) atoms. The molecule has 0 spiro atoms. The molecule has 110 valence electrons. The van der Waals surface area contributed by atoms with E-state index in [1.165, 1.54) is 12.1 Å². The van der Waals surface area contributed by atoms with E-state index in [0.29, 0.717) is 19.0 Å². The van der Waals surface area contributed by atoms with E-state index in [4.69, 9.17) is 5.11 Å². The number of aliphatic imine (C=N–C) groups is 1. The quantitative estimate of drug-likeness (QED) is 0.598. The average Bonchev–Trinajstić information content (AvgIpc) is 2.52. The summed E-state index contributed by atoms with van der Waals surface area (Å²) in [5, 5.41) is 15.4. The maximum absolute atomic E-state index is 13.2. The largest absolute Gasteiger partial charge is 0.505 e. The second-order valence-corrected chi connectivity index (χ2v) is 4.55. The fourth-order valence-corrected chi connectivity index (χ4v) is 1.85. The molecule has 2 aromatic rings. The number of nitrogens with zero attached hydrogens (tertiary/aromatic N) is 1.